The van der Waals surface area contributed by atoms with Gasteiger partial charge in [-0.15, -0.1) is 10.2 Å². The second-order valence-corrected chi connectivity index (χ2v) is 9.30. The van der Waals surface area contributed by atoms with E-state index in [-0.39, 0.29) is 28.8 Å². The summed E-state index contributed by atoms with van der Waals surface area (Å²) < 4.78 is 15.9. The average molecular weight is 515 g/mol. The number of aryl methyl sites for hydroxylation is 1. The molecule has 0 radical (unpaired) electrons. The summed E-state index contributed by atoms with van der Waals surface area (Å²) >= 11 is 1.15. The van der Waals surface area contributed by atoms with Gasteiger partial charge in [0.25, 0.3) is 11.6 Å². The van der Waals surface area contributed by atoms with Gasteiger partial charge in [0, 0.05) is 18.7 Å². The van der Waals surface area contributed by atoms with Crippen LogP contribution in [0.5, 0.6) is 0 Å². The number of benzene rings is 2. The number of hydrogen-bond donors (Lipinski definition) is 2. The summed E-state index contributed by atoms with van der Waals surface area (Å²) in [6.45, 7) is 7.92. The predicted molar refractivity (Wildman–Crippen MR) is 134 cm³/mol. The smallest absolute Gasteiger partial charge is 0.271 e. The van der Waals surface area contributed by atoms with Gasteiger partial charge in [-0.05, 0) is 37.5 Å². The van der Waals surface area contributed by atoms with Crippen LogP contribution in [0.25, 0.3) is 0 Å². The zero-order chi connectivity index (χ0) is 26.4. The molecular weight excluding hydrogens is 487 g/mol. The van der Waals surface area contributed by atoms with E-state index in [1.54, 1.807) is 23.6 Å². The number of aromatic nitrogens is 3. The Kier molecular flexibility index (Phi) is 8.75. The van der Waals surface area contributed by atoms with Crippen molar-refractivity contribution < 1.29 is 18.9 Å². The molecule has 0 aliphatic heterocycles. The zero-order valence-electron chi connectivity index (χ0n) is 20.3. The molecule has 0 saturated heterocycles. The van der Waals surface area contributed by atoms with Gasteiger partial charge in [0.1, 0.15) is 5.82 Å². The minimum atomic E-state index is -0.615. The van der Waals surface area contributed by atoms with Crippen molar-refractivity contribution in [2.45, 2.75) is 45.4 Å². The fraction of sp³-hybridized carbons (Fsp3) is 0.333. The van der Waals surface area contributed by atoms with Crippen molar-refractivity contribution >= 4 is 35.0 Å². The Morgan fingerprint density at radius 2 is 1.92 bits per heavy atom. The fourth-order valence-corrected chi connectivity index (χ4v) is 4.31. The molecule has 0 aliphatic carbocycles. The number of hydrogen-bond acceptors (Lipinski definition) is 7. The van der Waals surface area contributed by atoms with Gasteiger partial charge in [-0.3, -0.25) is 19.7 Å². The molecule has 190 valence electrons. The van der Waals surface area contributed by atoms with Crippen molar-refractivity contribution in [2.24, 2.45) is 5.92 Å². The Morgan fingerprint density at radius 1 is 1.19 bits per heavy atom. The number of nitro groups is 1. The standard InChI is InChI=1S/C24H27FN6O4S/c1-5-30-22(21(14(2)3)27-23(33)17-8-6-7-9-18(17)25)28-29-24(30)36-13-20(32)26-19-12-16(31(34)35)11-10-15(19)4/h6-12,14,21H,5,13H2,1-4H3,(H,26,32)(H,27,33). The number of anilines is 1. The molecule has 1 aromatic heterocycles. The molecule has 3 aromatic rings. The molecule has 1 heterocycles. The topological polar surface area (TPSA) is 132 Å². The van der Waals surface area contributed by atoms with Crippen LogP contribution in [0.3, 0.4) is 0 Å². The van der Waals surface area contributed by atoms with Crippen LogP contribution in [0, 0.1) is 28.8 Å². The predicted octanol–water partition coefficient (Wildman–Crippen LogP) is 4.51. The van der Waals surface area contributed by atoms with Crippen molar-refractivity contribution in [3.05, 3.63) is 75.3 Å². The second-order valence-electron chi connectivity index (χ2n) is 8.35. The van der Waals surface area contributed by atoms with Crippen molar-refractivity contribution in [1.29, 1.82) is 0 Å². The molecule has 2 N–H and O–H groups in total. The van der Waals surface area contributed by atoms with E-state index in [1.807, 2.05) is 20.8 Å². The van der Waals surface area contributed by atoms with Gasteiger partial charge in [0.05, 0.1) is 28.0 Å². The highest BCUT2D eigenvalue weighted by Gasteiger charge is 2.27. The Morgan fingerprint density at radius 3 is 2.56 bits per heavy atom. The first-order chi connectivity index (χ1) is 17.1. The molecule has 0 spiro atoms. The van der Waals surface area contributed by atoms with Gasteiger partial charge in [0.2, 0.25) is 5.91 Å². The summed E-state index contributed by atoms with van der Waals surface area (Å²) in [5.74, 6) is -1.12. The number of non-ortho nitro benzene ring substituents is 1. The Bertz CT molecular complexity index is 1280. The first-order valence-electron chi connectivity index (χ1n) is 11.3. The molecule has 2 aromatic carbocycles. The number of nitrogens with zero attached hydrogens (tertiary/aromatic N) is 4. The maximum atomic E-state index is 14.1. The zero-order valence-corrected chi connectivity index (χ0v) is 21.1. The molecule has 1 unspecified atom stereocenters. The number of halogens is 1. The highest BCUT2D eigenvalue weighted by molar-refractivity contribution is 7.99. The van der Waals surface area contributed by atoms with Gasteiger partial charge in [-0.1, -0.05) is 43.8 Å². The van der Waals surface area contributed by atoms with E-state index in [9.17, 15) is 24.1 Å². The fourth-order valence-electron chi connectivity index (χ4n) is 3.50. The van der Waals surface area contributed by atoms with Gasteiger partial charge < -0.3 is 15.2 Å². The Hall–Kier alpha value is -3.80. The Balaban J connectivity index is 1.73. The van der Waals surface area contributed by atoms with Gasteiger partial charge in [-0.2, -0.15) is 0 Å². The summed E-state index contributed by atoms with van der Waals surface area (Å²) in [5.41, 5.74) is 0.885. The molecule has 1 atom stereocenters. The van der Waals surface area contributed by atoms with Gasteiger partial charge in [0.15, 0.2) is 11.0 Å². The third kappa shape index (κ3) is 6.25. The summed E-state index contributed by atoms with van der Waals surface area (Å²) in [7, 11) is 0. The number of amides is 2. The number of rotatable bonds is 10. The number of carbonyl (C=O) groups is 2. The van der Waals surface area contributed by atoms with E-state index < -0.39 is 22.7 Å². The minimum Gasteiger partial charge on any atom is -0.342 e. The number of carbonyl (C=O) groups excluding carboxylic acids is 2. The van der Waals surface area contributed by atoms with E-state index in [4.69, 9.17) is 0 Å². The van der Waals surface area contributed by atoms with E-state index >= 15 is 0 Å². The molecule has 10 nitrogen and oxygen atoms in total. The lowest BCUT2D eigenvalue weighted by Gasteiger charge is -2.22. The molecule has 0 saturated carbocycles. The van der Waals surface area contributed by atoms with Crippen LogP contribution in [0.1, 0.15) is 48.6 Å². The first-order valence-corrected chi connectivity index (χ1v) is 12.3. The number of nitro benzene ring substituents is 1. The van der Waals surface area contributed by atoms with Crippen LogP contribution in [0.15, 0.2) is 47.6 Å². The van der Waals surface area contributed by atoms with Crippen molar-refractivity contribution in [3.63, 3.8) is 0 Å². The molecule has 0 bridgehead atoms. The van der Waals surface area contributed by atoms with Crippen LogP contribution in [0.4, 0.5) is 15.8 Å². The van der Waals surface area contributed by atoms with E-state index in [0.717, 1.165) is 11.8 Å². The summed E-state index contributed by atoms with van der Waals surface area (Å²) in [4.78, 5) is 35.8. The molecule has 2 amide bonds. The molecule has 0 fully saturated rings. The average Bonchev–Trinajstić information content (AvgIpc) is 3.24. The monoisotopic (exact) mass is 514 g/mol. The third-order valence-electron chi connectivity index (χ3n) is 5.45. The minimum absolute atomic E-state index is 0.00576. The summed E-state index contributed by atoms with van der Waals surface area (Å²) in [5, 5.41) is 25.5. The third-order valence-corrected chi connectivity index (χ3v) is 6.42. The van der Waals surface area contributed by atoms with E-state index in [1.165, 1.54) is 30.3 Å². The largest absolute Gasteiger partial charge is 0.342 e. The summed E-state index contributed by atoms with van der Waals surface area (Å²) in [6, 6.07) is 9.46. The van der Waals surface area contributed by atoms with E-state index in [0.29, 0.717) is 28.8 Å². The molecular formula is C24H27FN6O4S. The Labute approximate surface area is 211 Å². The number of nitrogens with one attached hydrogen (secondary N) is 2. The molecule has 12 heteroatoms. The molecule has 0 aliphatic rings. The van der Waals surface area contributed by atoms with E-state index in [2.05, 4.69) is 20.8 Å². The quantitative estimate of drug-likeness (QED) is 0.231. The van der Waals surface area contributed by atoms with Crippen LogP contribution in [0.2, 0.25) is 0 Å². The molecule has 3 rings (SSSR count). The number of thioether (sulfide) groups is 1. The normalized spacial score (nSPS) is 11.8. The van der Waals surface area contributed by atoms with Crippen LogP contribution < -0.4 is 10.6 Å². The van der Waals surface area contributed by atoms with Crippen molar-refractivity contribution in [3.8, 4) is 0 Å². The highest BCUT2D eigenvalue weighted by atomic mass is 32.2. The van der Waals surface area contributed by atoms with Crippen LogP contribution in [-0.2, 0) is 11.3 Å². The molecule has 36 heavy (non-hydrogen) atoms. The maximum Gasteiger partial charge on any atom is 0.271 e. The van der Waals surface area contributed by atoms with Gasteiger partial charge in [-0.25, -0.2) is 4.39 Å². The van der Waals surface area contributed by atoms with Crippen LogP contribution in [-0.4, -0.2) is 37.3 Å². The summed E-state index contributed by atoms with van der Waals surface area (Å²) in [6.07, 6.45) is 0. The van der Waals surface area contributed by atoms with Crippen molar-refractivity contribution in [1.82, 2.24) is 20.1 Å². The lowest BCUT2D eigenvalue weighted by Crippen LogP contribution is -2.34. The maximum absolute atomic E-state index is 14.1. The lowest BCUT2D eigenvalue weighted by molar-refractivity contribution is -0.384. The van der Waals surface area contributed by atoms with Crippen LogP contribution >= 0.6 is 11.8 Å². The lowest BCUT2D eigenvalue weighted by atomic mass is 10.0. The first kappa shape index (κ1) is 26.8. The highest BCUT2D eigenvalue weighted by Crippen LogP contribution is 2.27. The van der Waals surface area contributed by atoms with Gasteiger partial charge >= 0.3 is 0 Å². The second kappa shape index (κ2) is 11.8. The SMILES string of the molecule is CCn1c(SCC(=O)Nc2cc([N+](=O)[O-])ccc2C)nnc1C(NC(=O)c1ccccc1F)C(C)C. The van der Waals surface area contributed by atoms with Crippen molar-refractivity contribution in [2.75, 3.05) is 11.1 Å².